The molecule has 19 heavy (non-hydrogen) atoms. The molecule has 2 aromatic carbocycles. The Bertz CT molecular complexity index is 618. The van der Waals surface area contributed by atoms with Crippen LogP contribution < -0.4 is 5.32 Å². The average molecular weight is 253 g/mol. The second-order valence-electron chi connectivity index (χ2n) is 4.41. The Hall–Kier alpha value is -2.42. The molecule has 0 bridgehead atoms. The molecule has 3 heteroatoms. The predicted molar refractivity (Wildman–Crippen MR) is 75.9 cm³/mol. The summed E-state index contributed by atoms with van der Waals surface area (Å²) >= 11 is 0. The number of Topliss-reactive ketones (excluding diaryl/α,β-unsaturated/α-hetero) is 1. The third-order valence-corrected chi connectivity index (χ3v) is 2.90. The number of carbonyl (C=O) groups excluding carboxylic acids is 2. The minimum absolute atomic E-state index is 0.498. The molecule has 2 rings (SSSR count). The smallest absolute Gasteiger partial charge is 0.291 e. The molecule has 0 aliphatic rings. The molecule has 0 saturated carbocycles. The summed E-state index contributed by atoms with van der Waals surface area (Å²) in [7, 11) is 0. The maximum atomic E-state index is 11.4. The number of ketones is 1. The monoisotopic (exact) mass is 253 g/mol. The Morgan fingerprint density at radius 2 is 1.68 bits per heavy atom. The number of anilines is 1. The van der Waals surface area contributed by atoms with Crippen molar-refractivity contribution >= 4 is 17.4 Å². The van der Waals surface area contributed by atoms with E-state index in [1.165, 1.54) is 6.92 Å². The summed E-state index contributed by atoms with van der Waals surface area (Å²) in [4.78, 5) is 22.3. The van der Waals surface area contributed by atoms with Gasteiger partial charge in [-0.25, -0.2) is 0 Å². The molecule has 0 fully saturated rings. The topological polar surface area (TPSA) is 46.2 Å². The van der Waals surface area contributed by atoms with Crippen LogP contribution in [-0.4, -0.2) is 11.7 Å². The zero-order chi connectivity index (χ0) is 13.8. The minimum Gasteiger partial charge on any atom is -0.319 e. The van der Waals surface area contributed by atoms with Gasteiger partial charge in [0.15, 0.2) is 0 Å². The van der Waals surface area contributed by atoms with Crippen molar-refractivity contribution in [2.24, 2.45) is 0 Å². The van der Waals surface area contributed by atoms with Gasteiger partial charge >= 0.3 is 0 Å². The van der Waals surface area contributed by atoms with Crippen LogP contribution in [0.25, 0.3) is 11.1 Å². The van der Waals surface area contributed by atoms with Gasteiger partial charge < -0.3 is 5.32 Å². The van der Waals surface area contributed by atoms with Gasteiger partial charge in [-0.1, -0.05) is 36.4 Å². The molecule has 0 aromatic heterocycles. The van der Waals surface area contributed by atoms with Crippen LogP contribution in [-0.2, 0) is 9.59 Å². The lowest BCUT2D eigenvalue weighted by Gasteiger charge is -2.09. The molecule has 0 unspecified atom stereocenters. The molecule has 1 N–H and O–H groups in total. The number of rotatable bonds is 3. The minimum atomic E-state index is -0.595. The maximum absolute atomic E-state index is 11.4. The Morgan fingerprint density at radius 3 is 2.32 bits per heavy atom. The van der Waals surface area contributed by atoms with Gasteiger partial charge in [0.25, 0.3) is 5.91 Å². The highest BCUT2D eigenvalue weighted by Gasteiger charge is 2.09. The molecular formula is C16H15NO2. The Morgan fingerprint density at radius 1 is 1.00 bits per heavy atom. The lowest BCUT2D eigenvalue weighted by Crippen LogP contribution is -2.19. The summed E-state index contributed by atoms with van der Waals surface area (Å²) in [6, 6.07) is 15.5. The van der Waals surface area contributed by atoms with E-state index in [9.17, 15) is 9.59 Å². The normalized spacial score (nSPS) is 10.0. The van der Waals surface area contributed by atoms with E-state index in [1.807, 2.05) is 49.4 Å². The molecule has 0 heterocycles. The Labute approximate surface area is 112 Å². The summed E-state index contributed by atoms with van der Waals surface area (Å²) < 4.78 is 0. The van der Waals surface area contributed by atoms with Crippen LogP contribution in [0.4, 0.5) is 5.69 Å². The summed E-state index contributed by atoms with van der Waals surface area (Å²) in [5, 5.41) is 2.59. The van der Waals surface area contributed by atoms with Gasteiger partial charge in [-0.15, -0.1) is 0 Å². The van der Waals surface area contributed by atoms with Crippen LogP contribution in [0.15, 0.2) is 48.5 Å². The summed E-state index contributed by atoms with van der Waals surface area (Å²) in [5.41, 5.74) is 3.87. The van der Waals surface area contributed by atoms with Gasteiger partial charge in [-0.2, -0.15) is 0 Å². The van der Waals surface area contributed by atoms with Crippen molar-refractivity contribution < 1.29 is 9.59 Å². The SMILES string of the molecule is CC(=O)C(=O)Nc1ccc(C)c(-c2ccccc2)c1. The molecular weight excluding hydrogens is 238 g/mol. The van der Waals surface area contributed by atoms with Gasteiger partial charge in [0.1, 0.15) is 0 Å². The predicted octanol–water partition coefficient (Wildman–Crippen LogP) is 3.19. The average Bonchev–Trinajstić information content (AvgIpc) is 2.41. The number of nitrogens with one attached hydrogen (secondary N) is 1. The van der Waals surface area contributed by atoms with Crippen molar-refractivity contribution in [1.82, 2.24) is 0 Å². The molecule has 96 valence electrons. The molecule has 0 spiro atoms. The zero-order valence-corrected chi connectivity index (χ0v) is 10.9. The van der Waals surface area contributed by atoms with Crippen molar-refractivity contribution in [3.63, 3.8) is 0 Å². The molecule has 2 aromatic rings. The first-order valence-electron chi connectivity index (χ1n) is 6.06. The number of hydrogen-bond acceptors (Lipinski definition) is 2. The highest BCUT2D eigenvalue weighted by molar-refractivity contribution is 6.39. The van der Waals surface area contributed by atoms with Crippen LogP contribution in [0, 0.1) is 6.92 Å². The molecule has 3 nitrogen and oxygen atoms in total. The summed E-state index contributed by atoms with van der Waals surface area (Å²) in [6.45, 7) is 3.26. The first-order valence-corrected chi connectivity index (χ1v) is 6.06. The number of benzene rings is 2. The lowest BCUT2D eigenvalue weighted by molar-refractivity contribution is -0.133. The van der Waals surface area contributed by atoms with E-state index in [4.69, 9.17) is 0 Å². The first kappa shape index (κ1) is 13.0. The van der Waals surface area contributed by atoms with Crippen LogP contribution >= 0.6 is 0 Å². The van der Waals surface area contributed by atoms with Crippen molar-refractivity contribution in [2.45, 2.75) is 13.8 Å². The highest BCUT2D eigenvalue weighted by Crippen LogP contribution is 2.26. The molecule has 0 atom stereocenters. The van der Waals surface area contributed by atoms with E-state index in [0.29, 0.717) is 5.69 Å². The van der Waals surface area contributed by atoms with Crippen molar-refractivity contribution in [2.75, 3.05) is 5.32 Å². The van der Waals surface area contributed by atoms with Crippen molar-refractivity contribution in [3.05, 3.63) is 54.1 Å². The van der Waals surface area contributed by atoms with Gasteiger partial charge in [0.2, 0.25) is 5.78 Å². The fourth-order valence-corrected chi connectivity index (χ4v) is 1.85. The van der Waals surface area contributed by atoms with Crippen LogP contribution in [0.3, 0.4) is 0 Å². The first-order chi connectivity index (χ1) is 9.08. The van der Waals surface area contributed by atoms with Crippen LogP contribution in [0.5, 0.6) is 0 Å². The second-order valence-corrected chi connectivity index (χ2v) is 4.41. The summed E-state index contributed by atoms with van der Waals surface area (Å²) in [6.07, 6.45) is 0. The third-order valence-electron chi connectivity index (χ3n) is 2.90. The van der Waals surface area contributed by atoms with E-state index >= 15 is 0 Å². The molecule has 0 aliphatic heterocycles. The maximum Gasteiger partial charge on any atom is 0.291 e. The second kappa shape index (κ2) is 5.48. The van der Waals surface area contributed by atoms with Gasteiger partial charge in [-0.3, -0.25) is 9.59 Å². The number of amides is 1. The van der Waals surface area contributed by atoms with E-state index in [-0.39, 0.29) is 0 Å². The third kappa shape index (κ3) is 3.07. The van der Waals surface area contributed by atoms with Gasteiger partial charge in [0, 0.05) is 12.6 Å². The highest BCUT2D eigenvalue weighted by atomic mass is 16.2. The standard InChI is InChI=1S/C16H15NO2/c1-11-8-9-14(17-16(19)12(2)18)10-15(11)13-6-4-3-5-7-13/h3-10H,1-2H3,(H,17,19). The van der Waals surface area contributed by atoms with Crippen molar-refractivity contribution in [1.29, 1.82) is 0 Å². The van der Waals surface area contributed by atoms with Crippen LogP contribution in [0.1, 0.15) is 12.5 Å². The molecule has 0 saturated heterocycles. The zero-order valence-electron chi connectivity index (χ0n) is 10.9. The summed E-state index contributed by atoms with van der Waals surface area (Å²) in [5.74, 6) is -1.09. The number of hydrogen-bond donors (Lipinski definition) is 1. The van der Waals surface area contributed by atoms with Crippen molar-refractivity contribution in [3.8, 4) is 11.1 Å². The Balaban J connectivity index is 2.35. The molecule has 1 amide bonds. The fourth-order valence-electron chi connectivity index (χ4n) is 1.85. The van der Waals surface area contributed by atoms with E-state index in [1.54, 1.807) is 6.07 Å². The fraction of sp³-hybridized carbons (Fsp3) is 0.125. The van der Waals surface area contributed by atoms with Gasteiger partial charge in [-0.05, 0) is 35.7 Å². The van der Waals surface area contributed by atoms with Gasteiger partial charge in [0.05, 0.1) is 0 Å². The Kier molecular flexibility index (Phi) is 3.76. The van der Waals surface area contributed by atoms with E-state index < -0.39 is 11.7 Å². The van der Waals surface area contributed by atoms with Crippen LogP contribution in [0.2, 0.25) is 0 Å². The largest absolute Gasteiger partial charge is 0.319 e. The molecule has 0 aliphatic carbocycles. The van der Waals surface area contributed by atoms with E-state index in [0.717, 1.165) is 16.7 Å². The lowest BCUT2D eigenvalue weighted by atomic mass is 10.00. The number of carbonyl (C=O) groups is 2. The molecule has 0 radical (unpaired) electrons. The quantitative estimate of drug-likeness (QED) is 0.854. The van der Waals surface area contributed by atoms with E-state index in [2.05, 4.69) is 5.32 Å². The number of aryl methyl sites for hydroxylation is 1.